The number of likely N-dealkylation sites (tertiary alicyclic amines) is 1. The van der Waals surface area contributed by atoms with Crippen LogP contribution in [0.15, 0.2) is 48.9 Å². The molecule has 2 N–H and O–H groups in total. The third-order valence-corrected chi connectivity index (χ3v) is 10.6. The molecule has 2 aromatic carbocycles. The number of hydrogen-bond donors (Lipinski definition) is 2. The third-order valence-electron chi connectivity index (χ3n) is 7.69. The van der Waals surface area contributed by atoms with E-state index in [2.05, 4.69) is 30.5 Å². The molecule has 1 aliphatic heterocycles. The Kier molecular flexibility index (Phi) is 12.9. The number of ether oxygens (including phenoxy) is 2. The van der Waals surface area contributed by atoms with Crippen LogP contribution < -0.4 is 20.1 Å². The number of hydrogen-bond acceptors (Lipinski definition) is 13. The first-order valence-corrected chi connectivity index (χ1v) is 19.5. The van der Waals surface area contributed by atoms with Crippen LogP contribution in [0.5, 0.6) is 11.5 Å². The van der Waals surface area contributed by atoms with Gasteiger partial charge in [-0.2, -0.15) is 0 Å². The van der Waals surface area contributed by atoms with Gasteiger partial charge in [-0.15, -0.1) is 11.3 Å². The predicted molar refractivity (Wildman–Crippen MR) is 200 cm³/mol. The number of carbonyl (C=O) groups is 1. The zero-order valence-corrected chi connectivity index (χ0v) is 32.4. The Morgan fingerprint density at radius 2 is 1.83 bits per heavy atom. The number of aromatic nitrogens is 3. The normalized spacial score (nSPS) is 15.6. The molecule has 0 bridgehead atoms. The quantitative estimate of drug-likeness (QED) is 0.0840. The van der Waals surface area contributed by atoms with E-state index >= 15 is 0 Å². The first-order chi connectivity index (χ1) is 24.6. The Bertz CT molecular complexity index is 1860. The van der Waals surface area contributed by atoms with Gasteiger partial charge in [-0.3, -0.25) is 23.3 Å². The molecular weight excluding hydrogens is 710 g/mol. The maximum absolute atomic E-state index is 13.5. The molecule has 1 aliphatic rings. The van der Waals surface area contributed by atoms with Crippen LogP contribution in [0, 0.1) is 5.82 Å². The minimum Gasteiger partial charge on any atom is -0.493 e. The number of benzene rings is 2. The summed E-state index contributed by atoms with van der Waals surface area (Å²) in [6.07, 6.45) is 5.84. The zero-order valence-electron chi connectivity index (χ0n) is 30.7. The van der Waals surface area contributed by atoms with Gasteiger partial charge in [0, 0.05) is 40.8 Å². The van der Waals surface area contributed by atoms with E-state index in [1.165, 1.54) is 35.9 Å². The average Bonchev–Trinajstić information content (AvgIpc) is 3.69. The van der Waals surface area contributed by atoms with Crippen molar-refractivity contribution in [2.24, 2.45) is 0 Å². The van der Waals surface area contributed by atoms with E-state index in [1.54, 1.807) is 19.4 Å². The van der Waals surface area contributed by atoms with Gasteiger partial charge in [-0.1, -0.05) is 6.07 Å². The Balaban J connectivity index is 1.15. The van der Waals surface area contributed by atoms with Gasteiger partial charge in [0.2, 0.25) is 5.91 Å². The van der Waals surface area contributed by atoms with Gasteiger partial charge in [0.1, 0.15) is 18.0 Å². The number of anilines is 3. The number of fused-ring (bicyclic) bond motifs is 1. The molecule has 0 unspecified atom stereocenters. The summed E-state index contributed by atoms with van der Waals surface area (Å²) in [7, 11) is -2.21. The van der Waals surface area contributed by atoms with Crippen molar-refractivity contribution in [1.82, 2.24) is 19.9 Å². The fraction of sp³-hybridized carbons (Fsp3) is 0.500. The number of phosphoric acid groups is 1. The van der Waals surface area contributed by atoms with E-state index in [0.717, 1.165) is 37.2 Å². The monoisotopic (exact) mass is 758 g/mol. The highest BCUT2D eigenvalue weighted by Gasteiger charge is 2.38. The van der Waals surface area contributed by atoms with Gasteiger partial charge in [0.05, 0.1) is 43.5 Å². The van der Waals surface area contributed by atoms with Crippen LogP contribution in [-0.4, -0.2) is 76.4 Å². The van der Waals surface area contributed by atoms with Crippen molar-refractivity contribution >= 4 is 52.6 Å². The van der Waals surface area contributed by atoms with Crippen molar-refractivity contribution in [2.75, 3.05) is 44.0 Å². The summed E-state index contributed by atoms with van der Waals surface area (Å²) in [6, 6.07) is 9.47. The van der Waals surface area contributed by atoms with Gasteiger partial charge >= 0.3 is 7.82 Å². The Labute approximate surface area is 308 Å². The summed E-state index contributed by atoms with van der Waals surface area (Å²) in [5.74, 6) is 0.905. The lowest BCUT2D eigenvalue weighted by Crippen LogP contribution is -2.35. The van der Waals surface area contributed by atoms with Gasteiger partial charge in [-0.25, -0.2) is 23.9 Å². The van der Waals surface area contributed by atoms with Crippen LogP contribution in [0.25, 0.3) is 10.9 Å². The fourth-order valence-corrected chi connectivity index (χ4v) is 8.31. The highest BCUT2D eigenvalue weighted by Crippen LogP contribution is 2.55. The lowest BCUT2D eigenvalue weighted by Gasteiger charge is -2.32. The van der Waals surface area contributed by atoms with E-state index in [9.17, 15) is 13.8 Å². The Hall–Kier alpha value is -3.72. The second-order valence-electron chi connectivity index (χ2n) is 14.4. The smallest absolute Gasteiger partial charge is 0.475 e. The number of amides is 1. The molecule has 52 heavy (non-hydrogen) atoms. The molecule has 1 atom stereocenters. The SMILES string of the molecule is COc1cc2c(Nc3ncc(CC(=O)Nc4cccc(F)c4)s3)ncnc2cc1OCCCN1CCC[C@H]1COP(=O)(OC(C)(C)C)OC(C)(C)C. The molecule has 1 saturated heterocycles. The van der Waals surface area contributed by atoms with Crippen LogP contribution in [0.2, 0.25) is 0 Å². The molecule has 0 saturated carbocycles. The van der Waals surface area contributed by atoms with Crippen LogP contribution in [0.1, 0.15) is 65.7 Å². The van der Waals surface area contributed by atoms with Gasteiger partial charge in [0.15, 0.2) is 16.6 Å². The van der Waals surface area contributed by atoms with Crippen molar-refractivity contribution in [2.45, 2.75) is 84.5 Å². The largest absolute Gasteiger partial charge is 0.493 e. The van der Waals surface area contributed by atoms with E-state index in [-0.39, 0.29) is 25.0 Å². The summed E-state index contributed by atoms with van der Waals surface area (Å²) in [6.45, 7) is 13.3. The van der Waals surface area contributed by atoms with Crippen LogP contribution >= 0.6 is 19.2 Å². The topological polar surface area (TPSA) is 146 Å². The summed E-state index contributed by atoms with van der Waals surface area (Å²) in [5.41, 5.74) is -0.346. The Morgan fingerprint density at radius 1 is 1.06 bits per heavy atom. The molecule has 5 rings (SSSR count). The number of nitrogens with one attached hydrogen (secondary N) is 2. The van der Waals surface area contributed by atoms with Crippen molar-refractivity contribution < 1.29 is 36.8 Å². The highest BCUT2D eigenvalue weighted by molar-refractivity contribution is 7.48. The maximum atomic E-state index is 13.5. The van der Waals surface area contributed by atoms with Gasteiger partial charge < -0.3 is 20.1 Å². The van der Waals surface area contributed by atoms with Gasteiger partial charge in [0.25, 0.3) is 0 Å². The lowest BCUT2D eigenvalue weighted by molar-refractivity contribution is -0.115. The first kappa shape index (κ1) is 39.5. The summed E-state index contributed by atoms with van der Waals surface area (Å²) >= 11 is 1.31. The molecule has 1 fully saturated rings. The molecule has 0 aliphatic carbocycles. The second kappa shape index (κ2) is 17.0. The molecular formula is C36H48FN6O7PS. The minimum atomic E-state index is -3.79. The molecule has 13 nitrogen and oxygen atoms in total. The highest BCUT2D eigenvalue weighted by atomic mass is 32.1. The summed E-state index contributed by atoms with van der Waals surface area (Å²) in [4.78, 5) is 28.8. The van der Waals surface area contributed by atoms with Crippen molar-refractivity contribution in [3.8, 4) is 11.5 Å². The number of methoxy groups -OCH3 is 1. The van der Waals surface area contributed by atoms with Crippen molar-refractivity contribution in [1.29, 1.82) is 0 Å². The molecule has 282 valence electrons. The van der Waals surface area contributed by atoms with E-state index in [0.29, 0.717) is 45.6 Å². The summed E-state index contributed by atoms with van der Waals surface area (Å²) < 4.78 is 56.4. The number of carbonyl (C=O) groups excluding carboxylic acids is 1. The second-order valence-corrected chi connectivity index (χ2v) is 17.1. The van der Waals surface area contributed by atoms with Crippen LogP contribution in [-0.2, 0) is 29.4 Å². The van der Waals surface area contributed by atoms with Crippen molar-refractivity contribution in [3.63, 3.8) is 0 Å². The number of nitrogens with zero attached hydrogens (tertiary/aromatic N) is 4. The number of rotatable bonds is 16. The summed E-state index contributed by atoms with van der Waals surface area (Å²) in [5, 5.41) is 7.17. The molecule has 1 amide bonds. The molecule has 16 heteroatoms. The third kappa shape index (κ3) is 11.6. The standard InChI is InChI=1S/C36H48FN6O7PS/c1-35(2,3)49-51(45,50-36(4,5)6)48-22-26-13-9-14-43(26)15-10-16-47-31-20-29-28(19-30(31)46-7)33(40-23-39-29)42-34-38-21-27(52-34)18-32(44)41-25-12-8-11-24(37)17-25/h8,11-12,17,19-21,23,26H,9-10,13-16,18,22H2,1-7H3,(H,41,44)(H,38,39,40,42)/t26-/m0/s1. The molecule has 0 radical (unpaired) electrons. The lowest BCUT2D eigenvalue weighted by atomic mass is 10.2. The van der Waals surface area contributed by atoms with Crippen LogP contribution in [0.4, 0.5) is 21.0 Å². The predicted octanol–water partition coefficient (Wildman–Crippen LogP) is 8.15. The van der Waals surface area contributed by atoms with Crippen molar-refractivity contribution in [3.05, 3.63) is 59.6 Å². The maximum Gasteiger partial charge on any atom is 0.475 e. The number of halogens is 1. The molecule has 3 heterocycles. The molecule has 0 spiro atoms. The van der Waals surface area contributed by atoms with E-state index in [1.807, 2.05) is 53.7 Å². The first-order valence-electron chi connectivity index (χ1n) is 17.2. The Morgan fingerprint density at radius 3 is 2.54 bits per heavy atom. The molecule has 2 aromatic heterocycles. The minimum absolute atomic E-state index is 0.0853. The number of thiazole rings is 1. The molecule has 4 aromatic rings. The van der Waals surface area contributed by atoms with E-state index in [4.69, 9.17) is 23.0 Å². The van der Waals surface area contributed by atoms with Crippen LogP contribution in [0.3, 0.4) is 0 Å². The fourth-order valence-electron chi connectivity index (χ4n) is 5.66. The van der Waals surface area contributed by atoms with Gasteiger partial charge in [-0.05, 0) is 91.6 Å². The number of phosphoric ester groups is 1. The zero-order chi connectivity index (χ0) is 37.5. The van der Waals surface area contributed by atoms with E-state index < -0.39 is 24.8 Å². The average molecular weight is 759 g/mol.